The average molecular weight is 451 g/mol. The number of sulfonamides is 1. The maximum Gasteiger partial charge on any atom is 0.243 e. The lowest BCUT2D eigenvalue weighted by Gasteiger charge is -2.44. The number of aryl methyl sites for hydroxylation is 1. The molecule has 2 aliphatic heterocycles. The number of hydrogen-bond donors (Lipinski definition) is 1. The third-order valence-corrected chi connectivity index (χ3v) is 8.23. The van der Waals surface area contributed by atoms with E-state index in [1.165, 1.54) is 0 Å². The van der Waals surface area contributed by atoms with Gasteiger partial charge in [0.15, 0.2) is 0 Å². The van der Waals surface area contributed by atoms with Crippen molar-refractivity contribution < 1.29 is 13.5 Å². The fraction of sp³-hybridized carbons (Fsp3) is 0.400. The van der Waals surface area contributed by atoms with Gasteiger partial charge in [0.05, 0.1) is 23.6 Å². The minimum Gasteiger partial charge on any atom is -0.394 e. The van der Waals surface area contributed by atoms with Gasteiger partial charge in [-0.15, -0.1) is 0 Å². The van der Waals surface area contributed by atoms with Gasteiger partial charge in [0.2, 0.25) is 10.0 Å². The molecule has 1 N–H and O–H groups in total. The van der Waals surface area contributed by atoms with Crippen LogP contribution in [0, 0.1) is 12.8 Å². The molecule has 0 bridgehead atoms. The number of rotatable bonds is 3. The summed E-state index contributed by atoms with van der Waals surface area (Å²) in [6.07, 6.45) is 0.733. The number of hydrogen-bond acceptors (Lipinski definition) is 4. The first-order valence-corrected chi connectivity index (χ1v) is 11.3. The monoisotopic (exact) mass is 450 g/mol. The number of aliphatic hydroxyl groups excluding tert-OH is 1. The van der Waals surface area contributed by atoms with Gasteiger partial charge in [0, 0.05) is 29.7 Å². The summed E-state index contributed by atoms with van der Waals surface area (Å²) in [4.78, 5) is 2.42. The quantitative estimate of drug-likeness (QED) is 0.778. The fourth-order valence-electron chi connectivity index (χ4n) is 4.56. The Bertz CT molecular complexity index is 979. The van der Waals surface area contributed by atoms with Crippen LogP contribution in [0.15, 0.2) is 51.8 Å². The second-order valence-corrected chi connectivity index (χ2v) is 10.2. The molecular formula is C20H23BrN2O3S. The van der Waals surface area contributed by atoms with E-state index in [1.807, 2.05) is 38.2 Å². The Kier molecular flexibility index (Phi) is 4.83. The molecule has 1 saturated heterocycles. The van der Waals surface area contributed by atoms with E-state index in [2.05, 4.69) is 20.8 Å². The predicted molar refractivity (Wildman–Crippen MR) is 109 cm³/mol. The first-order valence-electron chi connectivity index (χ1n) is 9.06. The lowest BCUT2D eigenvalue weighted by molar-refractivity contribution is 0.193. The van der Waals surface area contributed by atoms with E-state index in [1.54, 1.807) is 22.5 Å². The van der Waals surface area contributed by atoms with Crippen LogP contribution in [0.2, 0.25) is 0 Å². The summed E-state index contributed by atoms with van der Waals surface area (Å²) in [5.41, 5.74) is 2.90. The maximum atomic E-state index is 13.5. The van der Waals surface area contributed by atoms with Crippen LogP contribution in [0.25, 0.3) is 0 Å². The molecule has 0 aliphatic carbocycles. The van der Waals surface area contributed by atoms with Crippen LogP contribution < -0.4 is 4.90 Å². The number of halogens is 1. The van der Waals surface area contributed by atoms with Crippen LogP contribution in [-0.4, -0.2) is 44.1 Å². The lowest BCUT2D eigenvalue weighted by Crippen LogP contribution is -2.48. The van der Waals surface area contributed by atoms with Crippen LogP contribution in [-0.2, 0) is 10.0 Å². The van der Waals surface area contributed by atoms with Crippen molar-refractivity contribution in [1.29, 1.82) is 0 Å². The molecule has 2 heterocycles. The average Bonchev–Trinajstić information content (AvgIpc) is 3.08. The molecule has 3 atom stereocenters. The Labute approximate surface area is 168 Å². The smallest absolute Gasteiger partial charge is 0.243 e. The van der Waals surface area contributed by atoms with E-state index < -0.39 is 10.0 Å². The van der Waals surface area contributed by atoms with E-state index in [4.69, 9.17) is 0 Å². The van der Waals surface area contributed by atoms with Gasteiger partial charge in [-0.25, -0.2) is 8.42 Å². The number of anilines is 1. The van der Waals surface area contributed by atoms with Crippen molar-refractivity contribution in [2.75, 3.05) is 25.1 Å². The summed E-state index contributed by atoms with van der Waals surface area (Å²) in [6, 6.07) is 12.7. The van der Waals surface area contributed by atoms with E-state index in [0.29, 0.717) is 11.4 Å². The molecule has 0 unspecified atom stereocenters. The molecule has 5 nitrogen and oxygen atoms in total. The highest BCUT2D eigenvalue weighted by molar-refractivity contribution is 9.10. The summed E-state index contributed by atoms with van der Waals surface area (Å²) in [7, 11) is -1.64. The van der Waals surface area contributed by atoms with Crippen LogP contribution in [0.5, 0.6) is 0 Å². The number of benzene rings is 2. The first kappa shape index (κ1) is 18.9. The van der Waals surface area contributed by atoms with E-state index in [0.717, 1.165) is 27.7 Å². The summed E-state index contributed by atoms with van der Waals surface area (Å²) in [5.74, 6) is 0.0568. The predicted octanol–water partition coefficient (Wildman–Crippen LogP) is 3.32. The molecule has 2 aromatic carbocycles. The summed E-state index contributed by atoms with van der Waals surface area (Å²) >= 11 is 3.53. The molecule has 144 valence electrons. The SMILES string of the molecule is Cc1cccc(S(=O)(=O)N2CC[C@@H]3[C@H](CO)N(C)c4ccc(Br)cc4[C@@H]32)c1. The van der Waals surface area contributed by atoms with Gasteiger partial charge in [-0.2, -0.15) is 4.31 Å². The second-order valence-electron chi connectivity index (χ2n) is 7.39. The molecule has 2 aliphatic rings. The normalized spacial score (nSPS) is 25.3. The Hall–Kier alpha value is -1.41. The Balaban J connectivity index is 1.85. The molecule has 0 spiro atoms. The van der Waals surface area contributed by atoms with Crippen molar-refractivity contribution in [3.8, 4) is 0 Å². The van der Waals surface area contributed by atoms with Gasteiger partial charge in [-0.3, -0.25) is 0 Å². The van der Waals surface area contributed by atoms with Crippen molar-refractivity contribution in [2.24, 2.45) is 5.92 Å². The fourth-order valence-corrected chi connectivity index (χ4v) is 6.71. The number of aliphatic hydroxyl groups is 1. The first-order chi connectivity index (χ1) is 12.8. The molecule has 27 heavy (non-hydrogen) atoms. The van der Waals surface area contributed by atoms with Gasteiger partial charge in [-0.1, -0.05) is 28.1 Å². The number of nitrogens with zero attached hydrogens (tertiary/aromatic N) is 2. The van der Waals surface area contributed by atoms with E-state index in [-0.39, 0.29) is 24.6 Å². The van der Waals surface area contributed by atoms with E-state index in [9.17, 15) is 13.5 Å². The van der Waals surface area contributed by atoms with Gasteiger partial charge in [0.25, 0.3) is 0 Å². The number of likely N-dealkylation sites (N-methyl/N-ethyl adjacent to an activating group) is 1. The molecule has 4 rings (SSSR count). The Morgan fingerprint density at radius 2 is 2.00 bits per heavy atom. The summed E-state index contributed by atoms with van der Waals surface area (Å²) in [5, 5.41) is 10.0. The standard InChI is InChI=1S/C20H23BrN2O3S/c1-13-4-3-5-15(10-13)27(25,26)23-9-8-16-19(12-24)22(2)18-7-6-14(21)11-17(18)20(16)23/h3-7,10-11,16,19-20,24H,8-9,12H2,1-2H3/t16-,19+,20-/m1/s1. The third kappa shape index (κ3) is 3.01. The van der Waals surface area contributed by atoms with Gasteiger partial charge >= 0.3 is 0 Å². The van der Waals surface area contributed by atoms with Crippen LogP contribution in [0.4, 0.5) is 5.69 Å². The van der Waals surface area contributed by atoms with Crippen LogP contribution in [0.1, 0.15) is 23.6 Å². The summed E-state index contributed by atoms with van der Waals surface area (Å²) < 4.78 is 29.5. The van der Waals surface area contributed by atoms with Gasteiger partial charge < -0.3 is 10.0 Å². The van der Waals surface area contributed by atoms with Crippen molar-refractivity contribution in [3.63, 3.8) is 0 Å². The van der Waals surface area contributed by atoms with Crippen LogP contribution in [0.3, 0.4) is 0 Å². The van der Waals surface area contributed by atoms with Crippen LogP contribution >= 0.6 is 15.9 Å². The minimum atomic E-state index is -3.62. The zero-order chi connectivity index (χ0) is 19.3. The van der Waals surface area contributed by atoms with Crippen molar-refractivity contribution >= 4 is 31.6 Å². The largest absolute Gasteiger partial charge is 0.394 e. The molecular weight excluding hydrogens is 428 g/mol. The summed E-state index contributed by atoms with van der Waals surface area (Å²) in [6.45, 7) is 2.36. The lowest BCUT2D eigenvalue weighted by atomic mass is 9.82. The maximum absolute atomic E-state index is 13.5. The zero-order valence-electron chi connectivity index (χ0n) is 15.3. The van der Waals surface area contributed by atoms with Crippen molar-refractivity contribution in [1.82, 2.24) is 4.31 Å². The minimum absolute atomic E-state index is 0.00546. The molecule has 7 heteroatoms. The zero-order valence-corrected chi connectivity index (χ0v) is 17.7. The third-order valence-electron chi connectivity index (χ3n) is 5.86. The van der Waals surface area contributed by atoms with Crippen molar-refractivity contribution in [2.45, 2.75) is 30.3 Å². The highest BCUT2D eigenvalue weighted by Gasteiger charge is 2.50. The Morgan fingerprint density at radius 1 is 1.22 bits per heavy atom. The number of fused-ring (bicyclic) bond motifs is 3. The molecule has 0 radical (unpaired) electrons. The van der Waals surface area contributed by atoms with E-state index >= 15 is 0 Å². The molecule has 0 saturated carbocycles. The molecule has 2 aromatic rings. The van der Waals surface area contributed by atoms with Gasteiger partial charge in [0.1, 0.15) is 0 Å². The highest BCUT2D eigenvalue weighted by Crippen LogP contribution is 2.50. The molecule has 0 amide bonds. The highest BCUT2D eigenvalue weighted by atomic mass is 79.9. The van der Waals surface area contributed by atoms with Crippen molar-refractivity contribution in [3.05, 3.63) is 58.1 Å². The molecule has 0 aromatic heterocycles. The topological polar surface area (TPSA) is 60.9 Å². The van der Waals surface area contributed by atoms with Gasteiger partial charge in [-0.05, 0) is 54.8 Å². The molecule has 1 fully saturated rings. The Morgan fingerprint density at radius 3 is 2.70 bits per heavy atom. The second kappa shape index (κ2) is 6.88.